The largest absolute Gasteiger partial charge is 0.468 e. The number of ether oxygens (including phenoxy) is 1. The van der Waals surface area contributed by atoms with Gasteiger partial charge >= 0.3 is 5.97 Å². The first-order chi connectivity index (χ1) is 11.3. The van der Waals surface area contributed by atoms with E-state index in [0.717, 1.165) is 12.5 Å². The predicted octanol–water partition coefficient (Wildman–Crippen LogP) is 4.90. The molecular formula is C17H23ClFNO3S. The summed E-state index contributed by atoms with van der Waals surface area (Å²) < 4.78 is 18.8. The highest BCUT2D eigenvalue weighted by Crippen LogP contribution is 2.35. The Bertz CT molecular complexity index is 597. The molecule has 134 valence electrons. The van der Waals surface area contributed by atoms with Crippen LogP contribution in [-0.2, 0) is 14.3 Å². The summed E-state index contributed by atoms with van der Waals surface area (Å²) in [7, 11) is 1.32. The van der Waals surface area contributed by atoms with Crippen LogP contribution in [0.5, 0.6) is 0 Å². The number of carbonyl (C=O) groups is 2. The van der Waals surface area contributed by atoms with Gasteiger partial charge in [0.1, 0.15) is 11.1 Å². The van der Waals surface area contributed by atoms with Crippen molar-refractivity contribution in [2.24, 2.45) is 5.92 Å². The molecule has 0 bridgehead atoms. The third kappa shape index (κ3) is 5.98. The number of esters is 1. The number of hydrogen-bond donors (Lipinski definition) is 1. The van der Waals surface area contributed by atoms with Crippen LogP contribution in [0, 0.1) is 11.7 Å². The molecule has 1 N–H and O–H groups in total. The second kappa shape index (κ2) is 9.89. The van der Waals surface area contributed by atoms with E-state index in [2.05, 4.69) is 5.32 Å². The van der Waals surface area contributed by atoms with Gasteiger partial charge in [-0.25, -0.2) is 4.39 Å². The van der Waals surface area contributed by atoms with Gasteiger partial charge in [0.05, 0.1) is 17.8 Å². The molecule has 24 heavy (non-hydrogen) atoms. The molecular weight excluding hydrogens is 353 g/mol. The van der Waals surface area contributed by atoms with Gasteiger partial charge in [0, 0.05) is 11.3 Å². The Labute approximate surface area is 151 Å². The topological polar surface area (TPSA) is 55.4 Å². The van der Waals surface area contributed by atoms with Crippen molar-refractivity contribution in [2.75, 3.05) is 12.4 Å². The third-order valence-corrected chi connectivity index (χ3v) is 5.46. The summed E-state index contributed by atoms with van der Waals surface area (Å²) in [5, 5.41) is 2.33. The van der Waals surface area contributed by atoms with Crippen LogP contribution in [0.15, 0.2) is 17.0 Å². The quantitative estimate of drug-likeness (QED) is 0.518. The summed E-state index contributed by atoms with van der Waals surface area (Å²) in [5.41, 5.74) is 0.0647. The van der Waals surface area contributed by atoms with Crippen molar-refractivity contribution in [3.05, 3.63) is 23.0 Å². The monoisotopic (exact) mass is 375 g/mol. The summed E-state index contributed by atoms with van der Waals surface area (Å²) >= 11 is 7.26. The number of amides is 1. The van der Waals surface area contributed by atoms with Gasteiger partial charge in [-0.3, -0.25) is 9.59 Å². The lowest BCUT2D eigenvalue weighted by Gasteiger charge is -2.15. The van der Waals surface area contributed by atoms with Crippen molar-refractivity contribution in [3.63, 3.8) is 0 Å². The zero-order valence-corrected chi connectivity index (χ0v) is 15.9. The minimum Gasteiger partial charge on any atom is -0.468 e. The first kappa shape index (κ1) is 20.8. The van der Waals surface area contributed by atoms with Gasteiger partial charge in [-0.1, -0.05) is 38.8 Å². The number of nitrogens with one attached hydrogen (secondary N) is 1. The maximum Gasteiger partial charge on any atom is 0.319 e. The maximum absolute atomic E-state index is 14.1. The van der Waals surface area contributed by atoms with Crippen molar-refractivity contribution >= 4 is 40.9 Å². The van der Waals surface area contributed by atoms with Crippen LogP contribution in [0.2, 0.25) is 5.02 Å². The number of rotatable bonds is 8. The Balaban J connectivity index is 2.96. The molecule has 0 aromatic heterocycles. The van der Waals surface area contributed by atoms with E-state index >= 15 is 0 Å². The second-order valence-electron chi connectivity index (χ2n) is 5.57. The summed E-state index contributed by atoms with van der Waals surface area (Å²) in [6.07, 6.45) is 1.73. The van der Waals surface area contributed by atoms with Crippen LogP contribution in [0.1, 0.15) is 40.0 Å². The Morgan fingerprint density at radius 1 is 1.33 bits per heavy atom. The normalized spacial score (nSPS) is 13.2. The highest BCUT2D eigenvalue weighted by molar-refractivity contribution is 8.00. The molecule has 1 aromatic carbocycles. The molecule has 2 atom stereocenters. The lowest BCUT2D eigenvalue weighted by Crippen LogP contribution is -2.18. The van der Waals surface area contributed by atoms with Crippen molar-refractivity contribution in [3.8, 4) is 0 Å². The second-order valence-corrected chi connectivity index (χ2v) is 7.22. The first-order valence-electron chi connectivity index (χ1n) is 7.85. The van der Waals surface area contributed by atoms with Crippen molar-refractivity contribution in [1.29, 1.82) is 0 Å². The molecule has 7 heteroatoms. The van der Waals surface area contributed by atoms with Crippen LogP contribution in [0.4, 0.5) is 10.1 Å². The average Bonchev–Trinajstić information content (AvgIpc) is 2.55. The predicted molar refractivity (Wildman–Crippen MR) is 96.1 cm³/mol. The third-order valence-electron chi connectivity index (χ3n) is 3.63. The van der Waals surface area contributed by atoms with E-state index in [-0.39, 0.29) is 28.5 Å². The van der Waals surface area contributed by atoms with Crippen LogP contribution >= 0.6 is 23.4 Å². The van der Waals surface area contributed by atoms with E-state index in [1.165, 1.54) is 24.9 Å². The fourth-order valence-corrected chi connectivity index (χ4v) is 3.27. The van der Waals surface area contributed by atoms with E-state index in [0.29, 0.717) is 17.7 Å². The van der Waals surface area contributed by atoms with Crippen LogP contribution in [0.25, 0.3) is 0 Å². The first-order valence-corrected chi connectivity index (χ1v) is 9.11. The van der Waals surface area contributed by atoms with Crippen LogP contribution in [-0.4, -0.2) is 24.2 Å². The highest BCUT2D eigenvalue weighted by atomic mass is 35.5. The zero-order valence-electron chi connectivity index (χ0n) is 14.3. The number of benzene rings is 1. The average molecular weight is 376 g/mol. The molecule has 1 aromatic rings. The standard InChI is InChI=1S/C17H23ClFNO3S/c1-5-10(3)7-16(21)20-13-9-15(11(18)8-12(13)19)24-14(6-2)17(22)23-4/h8-10,14H,5-7H2,1-4H3,(H,20,21). The summed E-state index contributed by atoms with van der Waals surface area (Å²) in [5.74, 6) is -1.00. The number of hydrogen-bond acceptors (Lipinski definition) is 4. The smallest absolute Gasteiger partial charge is 0.319 e. The molecule has 1 amide bonds. The summed E-state index contributed by atoms with van der Waals surface area (Å²) in [6, 6.07) is 2.61. The molecule has 0 aliphatic heterocycles. The van der Waals surface area contributed by atoms with Crippen molar-refractivity contribution < 1.29 is 18.7 Å². The SMILES string of the molecule is CCC(C)CC(=O)Nc1cc(SC(CC)C(=O)OC)c(Cl)cc1F. The highest BCUT2D eigenvalue weighted by Gasteiger charge is 2.21. The molecule has 0 saturated heterocycles. The molecule has 0 aliphatic rings. The van der Waals surface area contributed by atoms with Gasteiger partial charge in [0.2, 0.25) is 5.91 Å². The number of thioether (sulfide) groups is 1. The molecule has 0 heterocycles. The van der Waals surface area contributed by atoms with Crippen LogP contribution < -0.4 is 5.32 Å². The Morgan fingerprint density at radius 3 is 2.54 bits per heavy atom. The number of carbonyl (C=O) groups excluding carboxylic acids is 2. The van der Waals surface area contributed by atoms with Gasteiger partial charge in [-0.05, 0) is 24.5 Å². The lowest BCUT2D eigenvalue weighted by atomic mass is 10.1. The number of methoxy groups -OCH3 is 1. The van der Waals surface area contributed by atoms with Gasteiger partial charge in [-0.15, -0.1) is 11.8 Å². The Morgan fingerprint density at radius 2 is 2.00 bits per heavy atom. The van der Waals surface area contributed by atoms with Crippen molar-refractivity contribution in [2.45, 2.75) is 50.2 Å². The number of anilines is 1. The fraction of sp³-hybridized carbons (Fsp3) is 0.529. The minimum atomic E-state index is -0.604. The van der Waals surface area contributed by atoms with E-state index in [1.54, 1.807) is 0 Å². The van der Waals surface area contributed by atoms with E-state index in [4.69, 9.17) is 16.3 Å². The van der Waals surface area contributed by atoms with Crippen molar-refractivity contribution in [1.82, 2.24) is 0 Å². The van der Waals surface area contributed by atoms with Gasteiger partial charge in [0.15, 0.2) is 0 Å². The van der Waals surface area contributed by atoms with E-state index < -0.39 is 11.1 Å². The summed E-state index contributed by atoms with van der Waals surface area (Å²) in [4.78, 5) is 24.2. The van der Waals surface area contributed by atoms with Gasteiger partial charge in [0.25, 0.3) is 0 Å². The van der Waals surface area contributed by atoms with Crippen LogP contribution in [0.3, 0.4) is 0 Å². The van der Waals surface area contributed by atoms with E-state index in [9.17, 15) is 14.0 Å². The number of halogens is 2. The zero-order chi connectivity index (χ0) is 18.3. The Hall–Kier alpha value is -1.27. The molecule has 0 aliphatic carbocycles. The molecule has 4 nitrogen and oxygen atoms in total. The Kier molecular flexibility index (Phi) is 8.56. The molecule has 1 rings (SSSR count). The maximum atomic E-state index is 14.1. The minimum absolute atomic E-state index is 0.0647. The fourth-order valence-electron chi connectivity index (χ4n) is 1.96. The van der Waals surface area contributed by atoms with Gasteiger partial charge < -0.3 is 10.1 Å². The molecule has 0 radical (unpaired) electrons. The molecule has 0 fully saturated rings. The van der Waals surface area contributed by atoms with E-state index in [1.807, 2.05) is 20.8 Å². The molecule has 0 saturated carbocycles. The van der Waals surface area contributed by atoms with Gasteiger partial charge in [-0.2, -0.15) is 0 Å². The lowest BCUT2D eigenvalue weighted by molar-refractivity contribution is -0.140. The molecule has 0 spiro atoms. The summed E-state index contributed by atoms with van der Waals surface area (Å²) in [6.45, 7) is 5.80. The molecule has 2 unspecified atom stereocenters.